The van der Waals surface area contributed by atoms with Gasteiger partial charge in [-0.05, 0) is 51.5 Å². The summed E-state index contributed by atoms with van der Waals surface area (Å²) in [4.78, 5) is 65.6. The number of rotatable bonds is 22. The SMILES string of the molecule is CC(C)(C)N(CN)CCOCCOCCOCCNC(=O)CCC(NC(=O)c1ccc(NCc2cnc3nc(N)[nH]c(=O)c3n2)cc1)C(=O)O. The predicted molar refractivity (Wildman–Crippen MR) is 185 cm³/mol. The summed E-state index contributed by atoms with van der Waals surface area (Å²) in [5.74, 6) is -2.27. The van der Waals surface area contributed by atoms with Gasteiger partial charge in [-0.25, -0.2) is 14.8 Å². The summed E-state index contributed by atoms with van der Waals surface area (Å²) in [6.45, 7) is 10.4. The van der Waals surface area contributed by atoms with Gasteiger partial charge in [0.2, 0.25) is 11.9 Å². The number of carbonyl (C=O) groups excluding carboxylic acids is 2. The molecule has 0 aliphatic carbocycles. The molecule has 2 aromatic heterocycles. The van der Waals surface area contributed by atoms with Crippen LogP contribution in [0.4, 0.5) is 11.6 Å². The first-order valence-electron chi connectivity index (χ1n) is 16.2. The fourth-order valence-corrected chi connectivity index (χ4v) is 4.53. The molecule has 0 fully saturated rings. The second-order valence-corrected chi connectivity index (χ2v) is 12.1. The number of fused-ring (bicyclic) bond motifs is 1. The number of H-pyrrole nitrogens is 1. The van der Waals surface area contributed by atoms with Crippen LogP contribution in [0.1, 0.15) is 49.7 Å². The van der Waals surface area contributed by atoms with Gasteiger partial charge in [0.15, 0.2) is 11.2 Å². The van der Waals surface area contributed by atoms with Gasteiger partial charge in [0.05, 0.1) is 58.1 Å². The number of anilines is 2. The molecule has 1 unspecified atom stereocenters. The Kier molecular flexibility index (Phi) is 15.9. The number of aromatic amines is 1. The lowest BCUT2D eigenvalue weighted by molar-refractivity contribution is -0.139. The van der Waals surface area contributed by atoms with Crippen LogP contribution >= 0.6 is 0 Å². The van der Waals surface area contributed by atoms with E-state index in [0.717, 1.165) is 6.54 Å². The quantitative estimate of drug-likeness (QED) is 0.0540. The highest BCUT2D eigenvalue weighted by Gasteiger charge is 2.22. The third-order valence-corrected chi connectivity index (χ3v) is 7.36. The Hall–Kier alpha value is -4.75. The number of benzene rings is 1. The fraction of sp³-hybridized carbons (Fsp3) is 0.531. The summed E-state index contributed by atoms with van der Waals surface area (Å²) < 4.78 is 16.5. The molecule has 0 saturated carbocycles. The maximum absolute atomic E-state index is 12.7. The van der Waals surface area contributed by atoms with E-state index in [1.165, 1.54) is 18.3 Å². The molecule has 274 valence electrons. The third kappa shape index (κ3) is 13.6. The van der Waals surface area contributed by atoms with Crippen LogP contribution in [0.3, 0.4) is 0 Å². The lowest BCUT2D eigenvalue weighted by Gasteiger charge is -2.34. The summed E-state index contributed by atoms with van der Waals surface area (Å²) in [5.41, 5.74) is 12.3. The predicted octanol–water partition coefficient (Wildman–Crippen LogP) is 0.0533. The first-order chi connectivity index (χ1) is 23.9. The Morgan fingerprint density at radius 2 is 1.66 bits per heavy atom. The van der Waals surface area contributed by atoms with Gasteiger partial charge in [0, 0.05) is 43.0 Å². The number of aromatic nitrogens is 4. The van der Waals surface area contributed by atoms with Gasteiger partial charge >= 0.3 is 5.97 Å². The van der Waals surface area contributed by atoms with E-state index < -0.39 is 23.5 Å². The first kappa shape index (κ1) is 39.7. The molecule has 0 radical (unpaired) electrons. The van der Waals surface area contributed by atoms with E-state index in [-0.39, 0.29) is 66.7 Å². The van der Waals surface area contributed by atoms with Gasteiger partial charge in [-0.3, -0.25) is 24.3 Å². The molecular weight excluding hydrogens is 652 g/mol. The van der Waals surface area contributed by atoms with Gasteiger partial charge in [-0.1, -0.05) is 0 Å². The standard InChI is InChI=1S/C32H48N10O8/c1-32(2,3)42(20-33)11-13-49-15-17-50-16-14-48-12-10-35-25(43)9-8-24(30(46)47)39-28(44)21-4-6-22(7-5-21)36-18-23-19-37-27-26(38-23)29(45)41-31(34)40-27/h4-7,19,24,36H,8-18,20,33H2,1-3H3,(H,35,43)(H,39,44)(H,46,47)(H3,34,37,40,41,45). The van der Waals surface area contributed by atoms with E-state index in [1.54, 1.807) is 12.1 Å². The number of hydrogen-bond donors (Lipinski definition) is 7. The van der Waals surface area contributed by atoms with Gasteiger partial charge in [0.1, 0.15) is 6.04 Å². The smallest absolute Gasteiger partial charge is 0.326 e. The molecule has 1 aromatic carbocycles. The molecule has 2 heterocycles. The zero-order valence-electron chi connectivity index (χ0n) is 28.7. The summed E-state index contributed by atoms with van der Waals surface area (Å²) in [6.07, 6.45) is 1.27. The minimum Gasteiger partial charge on any atom is -0.480 e. The van der Waals surface area contributed by atoms with Crippen molar-refractivity contribution in [2.75, 3.05) is 70.4 Å². The van der Waals surface area contributed by atoms with Crippen molar-refractivity contribution in [3.8, 4) is 0 Å². The van der Waals surface area contributed by atoms with Gasteiger partial charge in [-0.15, -0.1) is 0 Å². The minimum absolute atomic E-state index is 0.0147. The van der Waals surface area contributed by atoms with Crippen molar-refractivity contribution in [1.82, 2.24) is 35.5 Å². The highest BCUT2D eigenvalue weighted by molar-refractivity contribution is 5.97. The number of carboxylic acids is 1. The van der Waals surface area contributed by atoms with E-state index in [2.05, 4.69) is 61.6 Å². The van der Waals surface area contributed by atoms with Crippen LogP contribution in [0, 0.1) is 0 Å². The molecule has 3 aromatic rings. The second-order valence-electron chi connectivity index (χ2n) is 12.1. The van der Waals surface area contributed by atoms with Crippen LogP contribution < -0.4 is 33.0 Å². The number of aliphatic carboxylic acids is 1. The Morgan fingerprint density at radius 1 is 1.00 bits per heavy atom. The van der Waals surface area contributed by atoms with E-state index in [4.69, 9.17) is 25.7 Å². The van der Waals surface area contributed by atoms with Gasteiger partial charge in [0.25, 0.3) is 11.5 Å². The number of carbonyl (C=O) groups is 3. The number of ether oxygens (including phenoxy) is 3. The number of nitrogens with zero attached hydrogens (tertiary/aromatic N) is 4. The molecule has 1 atom stereocenters. The molecule has 3 rings (SSSR count). The molecule has 0 bridgehead atoms. The van der Waals surface area contributed by atoms with Gasteiger partial charge < -0.3 is 46.7 Å². The van der Waals surface area contributed by atoms with Crippen LogP contribution in [0.25, 0.3) is 11.2 Å². The van der Waals surface area contributed by atoms with Crippen LogP contribution in [0.2, 0.25) is 0 Å². The highest BCUT2D eigenvalue weighted by Crippen LogP contribution is 2.13. The number of amides is 2. The van der Waals surface area contributed by atoms with Crippen LogP contribution in [0.15, 0.2) is 35.3 Å². The van der Waals surface area contributed by atoms with Crippen molar-refractivity contribution in [3.63, 3.8) is 0 Å². The number of hydrogen-bond acceptors (Lipinski definition) is 14. The van der Waals surface area contributed by atoms with Crippen molar-refractivity contribution in [2.24, 2.45) is 5.73 Å². The minimum atomic E-state index is -1.26. The summed E-state index contributed by atoms with van der Waals surface area (Å²) in [6, 6.07) is 5.06. The monoisotopic (exact) mass is 700 g/mol. The highest BCUT2D eigenvalue weighted by atomic mass is 16.5. The van der Waals surface area contributed by atoms with Crippen LogP contribution in [-0.4, -0.2) is 119 Å². The fourth-order valence-electron chi connectivity index (χ4n) is 4.53. The number of nitrogen functional groups attached to an aromatic ring is 1. The van der Waals surface area contributed by atoms with Crippen LogP contribution in [0.5, 0.6) is 0 Å². The van der Waals surface area contributed by atoms with E-state index in [0.29, 0.717) is 51.1 Å². The lowest BCUT2D eigenvalue weighted by atomic mass is 10.1. The summed E-state index contributed by atoms with van der Waals surface area (Å²) in [7, 11) is 0. The maximum Gasteiger partial charge on any atom is 0.326 e. The average Bonchev–Trinajstić information content (AvgIpc) is 3.07. The molecule has 2 amide bonds. The molecule has 0 spiro atoms. The normalized spacial score (nSPS) is 12.2. The lowest BCUT2D eigenvalue weighted by Crippen LogP contribution is -2.46. The third-order valence-electron chi connectivity index (χ3n) is 7.36. The number of nitrogens with one attached hydrogen (secondary N) is 4. The molecular formula is C32H48N10O8. The summed E-state index contributed by atoms with van der Waals surface area (Å²) in [5, 5.41) is 17.8. The summed E-state index contributed by atoms with van der Waals surface area (Å²) >= 11 is 0. The molecule has 18 heteroatoms. The molecule has 0 aliphatic rings. The van der Waals surface area contributed by atoms with Crippen molar-refractivity contribution in [1.29, 1.82) is 0 Å². The molecule has 0 saturated heterocycles. The number of nitrogens with two attached hydrogens (primary N) is 2. The second kappa shape index (κ2) is 20.1. The Balaban J connectivity index is 1.27. The first-order valence-corrected chi connectivity index (χ1v) is 16.2. The average molecular weight is 701 g/mol. The Bertz CT molecular complexity index is 1600. The Labute approximate surface area is 289 Å². The zero-order chi connectivity index (χ0) is 36.5. The van der Waals surface area contributed by atoms with Crippen molar-refractivity contribution in [2.45, 2.75) is 51.7 Å². The van der Waals surface area contributed by atoms with Crippen molar-refractivity contribution in [3.05, 3.63) is 52.1 Å². The van der Waals surface area contributed by atoms with Crippen molar-refractivity contribution >= 4 is 40.6 Å². The molecule has 0 aliphatic heterocycles. The topological polar surface area (TPSA) is 262 Å². The Morgan fingerprint density at radius 3 is 2.30 bits per heavy atom. The van der Waals surface area contributed by atoms with Crippen LogP contribution in [-0.2, 0) is 30.3 Å². The van der Waals surface area contributed by atoms with E-state index in [9.17, 15) is 24.3 Å². The molecule has 50 heavy (non-hydrogen) atoms. The molecule has 18 nitrogen and oxygen atoms in total. The largest absolute Gasteiger partial charge is 0.480 e. The number of carboxylic acid groups (broad SMARTS) is 1. The maximum atomic E-state index is 12.7. The van der Waals surface area contributed by atoms with E-state index >= 15 is 0 Å². The van der Waals surface area contributed by atoms with Gasteiger partial charge in [-0.2, -0.15) is 4.98 Å². The molecule has 9 N–H and O–H groups in total. The van der Waals surface area contributed by atoms with Crippen molar-refractivity contribution < 1.29 is 33.7 Å². The zero-order valence-corrected chi connectivity index (χ0v) is 28.7. The van der Waals surface area contributed by atoms with E-state index in [1.807, 2.05) is 0 Å².